The van der Waals surface area contributed by atoms with Crippen LogP contribution >= 0.6 is 0 Å². The number of ether oxygens (including phenoxy) is 1. The molecule has 75 heavy (non-hydrogen) atoms. The van der Waals surface area contributed by atoms with Crippen LogP contribution in [-0.4, -0.2) is 47.4 Å². The van der Waals surface area contributed by atoms with E-state index in [1.807, 2.05) is 0 Å². The van der Waals surface area contributed by atoms with Gasteiger partial charge in [-0.05, 0) is 51.4 Å². The Morgan fingerprint density at radius 1 is 0.360 bits per heavy atom. The molecule has 0 spiro atoms. The molecular weight excluding hydrogens is 923 g/mol. The van der Waals surface area contributed by atoms with E-state index in [2.05, 4.69) is 31.3 Å². The first-order chi connectivity index (χ1) is 37.0. The average Bonchev–Trinajstić information content (AvgIpc) is 3.41. The lowest BCUT2D eigenvalue weighted by Crippen LogP contribution is -2.45. The van der Waals surface area contributed by atoms with E-state index in [0.29, 0.717) is 25.9 Å². The zero-order valence-electron chi connectivity index (χ0n) is 51.1. The average molecular weight is 1060 g/mol. The quantitative estimate of drug-likeness (QED) is 0.0320. The minimum Gasteiger partial charge on any atom is -0.466 e. The van der Waals surface area contributed by atoms with E-state index in [9.17, 15) is 19.8 Å². The van der Waals surface area contributed by atoms with Gasteiger partial charge in [-0.3, -0.25) is 9.59 Å². The lowest BCUT2D eigenvalue weighted by Gasteiger charge is -2.22. The summed E-state index contributed by atoms with van der Waals surface area (Å²) < 4.78 is 5.50. The first-order valence-electron chi connectivity index (χ1n) is 34.4. The number of carbonyl (C=O) groups excluding carboxylic acids is 2. The number of unbranched alkanes of at least 4 members (excludes halogenated alkanes) is 52. The van der Waals surface area contributed by atoms with E-state index >= 15 is 0 Å². The van der Waals surface area contributed by atoms with Crippen molar-refractivity contribution in [3.63, 3.8) is 0 Å². The van der Waals surface area contributed by atoms with Gasteiger partial charge in [0.1, 0.15) is 0 Å². The minimum atomic E-state index is -0.676. The van der Waals surface area contributed by atoms with E-state index < -0.39 is 12.1 Å². The fourth-order valence-electron chi connectivity index (χ4n) is 11.1. The van der Waals surface area contributed by atoms with Gasteiger partial charge in [0, 0.05) is 12.8 Å². The van der Waals surface area contributed by atoms with Crippen molar-refractivity contribution in [2.45, 2.75) is 405 Å². The number of hydrogen-bond donors (Lipinski definition) is 3. The Balaban J connectivity index is 3.43. The third kappa shape index (κ3) is 61.7. The van der Waals surface area contributed by atoms with E-state index in [1.165, 1.54) is 295 Å². The topological polar surface area (TPSA) is 95.9 Å². The maximum absolute atomic E-state index is 12.5. The third-order valence-corrected chi connectivity index (χ3v) is 16.3. The van der Waals surface area contributed by atoms with Gasteiger partial charge in [0.15, 0.2) is 0 Å². The molecule has 0 aromatic carbocycles. The Labute approximate surface area is 469 Å². The van der Waals surface area contributed by atoms with Crippen LogP contribution < -0.4 is 5.32 Å². The van der Waals surface area contributed by atoms with Crippen LogP contribution in [0.15, 0.2) is 12.2 Å². The zero-order chi connectivity index (χ0) is 54.3. The maximum atomic E-state index is 12.5. The second-order valence-corrected chi connectivity index (χ2v) is 23.9. The van der Waals surface area contributed by atoms with Crippen LogP contribution in [0.2, 0.25) is 0 Å². The predicted octanol–water partition coefficient (Wildman–Crippen LogP) is 22.0. The first-order valence-corrected chi connectivity index (χ1v) is 34.4. The summed E-state index contributed by atoms with van der Waals surface area (Å²) in [7, 11) is 0. The zero-order valence-corrected chi connectivity index (χ0v) is 51.1. The van der Waals surface area contributed by atoms with Crippen LogP contribution in [0.3, 0.4) is 0 Å². The number of nitrogens with one attached hydrogen (secondary N) is 1. The number of rotatable bonds is 65. The van der Waals surface area contributed by atoms with Gasteiger partial charge in [0.2, 0.25) is 5.91 Å². The molecule has 0 fully saturated rings. The number of aliphatic hydroxyl groups is 2. The standard InChI is InChI=1S/C69H135NO5/c1-3-5-7-9-11-13-15-17-19-21-23-24-25-26-27-28-29-33-37-41-45-49-53-57-61-67(72)66(65-71)70-68(73)62-58-54-50-46-42-38-34-31-32-36-40-44-48-52-56-60-64-75-69(74)63-59-55-51-47-43-39-35-30-22-20-18-16-14-12-10-8-6-4-2/h31,34,66-67,71-72H,3-30,32-33,35-65H2,1-2H3,(H,70,73)/b34-31-. The summed E-state index contributed by atoms with van der Waals surface area (Å²) in [6.07, 6.45) is 79.6. The molecule has 0 saturated carbocycles. The molecule has 0 radical (unpaired) electrons. The van der Waals surface area contributed by atoms with Gasteiger partial charge in [0.05, 0.1) is 25.4 Å². The molecule has 0 aromatic heterocycles. The second kappa shape index (κ2) is 65.1. The van der Waals surface area contributed by atoms with Gasteiger partial charge < -0.3 is 20.3 Å². The highest BCUT2D eigenvalue weighted by atomic mass is 16.5. The smallest absolute Gasteiger partial charge is 0.305 e. The molecule has 0 bridgehead atoms. The molecule has 2 atom stereocenters. The van der Waals surface area contributed by atoms with Crippen LogP contribution in [0.25, 0.3) is 0 Å². The Hall–Kier alpha value is -1.40. The molecular formula is C69H135NO5. The van der Waals surface area contributed by atoms with Crippen molar-refractivity contribution in [2.75, 3.05) is 13.2 Å². The lowest BCUT2D eigenvalue weighted by atomic mass is 10.0. The van der Waals surface area contributed by atoms with E-state index in [4.69, 9.17) is 4.74 Å². The molecule has 0 rings (SSSR count). The van der Waals surface area contributed by atoms with Crippen molar-refractivity contribution in [3.05, 3.63) is 12.2 Å². The SMILES string of the molecule is CCCCCCCCCCCCCCCCCCCCCCCCCCC(O)C(CO)NC(=O)CCCCCCC/C=C\CCCCCCCCCOC(=O)CCCCCCCCCCCCCCCCCCCC. The van der Waals surface area contributed by atoms with Crippen molar-refractivity contribution in [3.8, 4) is 0 Å². The first kappa shape index (κ1) is 73.6. The molecule has 446 valence electrons. The summed E-state index contributed by atoms with van der Waals surface area (Å²) in [5.74, 6) is -0.0438. The van der Waals surface area contributed by atoms with Crippen molar-refractivity contribution in [1.29, 1.82) is 0 Å². The molecule has 3 N–H and O–H groups in total. The summed E-state index contributed by atoms with van der Waals surface area (Å²) >= 11 is 0. The lowest BCUT2D eigenvalue weighted by molar-refractivity contribution is -0.143. The molecule has 2 unspecified atom stereocenters. The van der Waals surface area contributed by atoms with Crippen molar-refractivity contribution >= 4 is 11.9 Å². The molecule has 6 heteroatoms. The molecule has 0 saturated heterocycles. The van der Waals surface area contributed by atoms with Gasteiger partial charge in [0.25, 0.3) is 0 Å². The summed E-state index contributed by atoms with van der Waals surface area (Å²) in [5, 5.41) is 23.4. The second-order valence-electron chi connectivity index (χ2n) is 23.9. The van der Waals surface area contributed by atoms with Crippen molar-refractivity contribution < 1.29 is 24.5 Å². The molecule has 0 aliphatic heterocycles. The van der Waals surface area contributed by atoms with Crippen molar-refractivity contribution in [1.82, 2.24) is 5.32 Å². The number of carbonyl (C=O) groups is 2. The Bertz CT molecular complexity index is 1130. The van der Waals surface area contributed by atoms with Crippen LogP contribution in [0.5, 0.6) is 0 Å². The molecule has 1 amide bonds. The molecule has 0 aromatic rings. The van der Waals surface area contributed by atoms with E-state index in [-0.39, 0.29) is 18.5 Å². The van der Waals surface area contributed by atoms with E-state index in [1.54, 1.807) is 0 Å². The number of hydrogen-bond acceptors (Lipinski definition) is 5. The highest BCUT2D eigenvalue weighted by Crippen LogP contribution is 2.19. The maximum Gasteiger partial charge on any atom is 0.305 e. The number of allylic oxidation sites excluding steroid dienone is 2. The predicted molar refractivity (Wildman–Crippen MR) is 329 cm³/mol. The summed E-state index contributed by atoms with van der Waals surface area (Å²) in [6, 6.07) is -0.554. The molecule has 0 heterocycles. The Morgan fingerprint density at radius 2 is 0.627 bits per heavy atom. The largest absolute Gasteiger partial charge is 0.466 e. The van der Waals surface area contributed by atoms with Crippen LogP contribution in [0, 0.1) is 0 Å². The Kier molecular flexibility index (Phi) is 63.9. The fraction of sp³-hybridized carbons (Fsp3) is 0.942. The summed E-state index contributed by atoms with van der Waals surface area (Å²) in [6.45, 7) is 4.98. The normalized spacial score (nSPS) is 12.5. The minimum absolute atomic E-state index is 0.00306. The molecule has 0 aliphatic carbocycles. The van der Waals surface area contributed by atoms with Crippen LogP contribution in [0.1, 0.15) is 393 Å². The van der Waals surface area contributed by atoms with Gasteiger partial charge in [-0.2, -0.15) is 0 Å². The van der Waals surface area contributed by atoms with Gasteiger partial charge in [-0.1, -0.05) is 341 Å². The monoisotopic (exact) mass is 1060 g/mol. The number of amides is 1. The van der Waals surface area contributed by atoms with Gasteiger partial charge in [-0.25, -0.2) is 0 Å². The number of esters is 1. The van der Waals surface area contributed by atoms with E-state index in [0.717, 1.165) is 64.2 Å². The van der Waals surface area contributed by atoms with Gasteiger partial charge in [-0.15, -0.1) is 0 Å². The van der Waals surface area contributed by atoms with Crippen molar-refractivity contribution in [2.24, 2.45) is 0 Å². The number of aliphatic hydroxyl groups excluding tert-OH is 2. The fourth-order valence-corrected chi connectivity index (χ4v) is 11.1. The Morgan fingerprint density at radius 3 is 0.947 bits per heavy atom. The third-order valence-electron chi connectivity index (χ3n) is 16.3. The summed E-state index contributed by atoms with van der Waals surface area (Å²) in [4.78, 5) is 24.6. The molecule has 6 nitrogen and oxygen atoms in total. The molecule has 0 aliphatic rings. The highest BCUT2D eigenvalue weighted by Gasteiger charge is 2.20. The highest BCUT2D eigenvalue weighted by molar-refractivity contribution is 5.76. The van der Waals surface area contributed by atoms with Gasteiger partial charge >= 0.3 is 5.97 Å². The van der Waals surface area contributed by atoms with Crippen LogP contribution in [-0.2, 0) is 14.3 Å². The van der Waals surface area contributed by atoms with Crippen LogP contribution in [0.4, 0.5) is 0 Å². The summed E-state index contributed by atoms with van der Waals surface area (Å²) in [5.41, 5.74) is 0.